The van der Waals surface area contributed by atoms with E-state index in [1.165, 1.54) is 11.1 Å². The van der Waals surface area contributed by atoms with E-state index in [4.69, 9.17) is 12.2 Å². The van der Waals surface area contributed by atoms with Crippen molar-refractivity contribution in [2.24, 2.45) is 0 Å². The van der Waals surface area contributed by atoms with Crippen molar-refractivity contribution in [1.82, 2.24) is 10.3 Å². The third-order valence-electron chi connectivity index (χ3n) is 3.29. The molecule has 110 valence electrons. The first kappa shape index (κ1) is 15.4. The molecule has 21 heavy (non-hydrogen) atoms. The molecule has 0 aliphatic rings. The molecule has 1 heterocycles. The van der Waals surface area contributed by atoms with Crippen LogP contribution in [0.2, 0.25) is 0 Å². The number of benzene rings is 1. The second-order valence-electron chi connectivity index (χ2n) is 5.14. The second kappa shape index (κ2) is 7.74. The highest BCUT2D eigenvalue weighted by atomic mass is 32.1. The number of hydrogen-bond donors (Lipinski definition) is 2. The minimum Gasteiger partial charge on any atom is -0.362 e. The summed E-state index contributed by atoms with van der Waals surface area (Å²) in [6.45, 7) is 4.97. The Hall–Kier alpha value is -1.94. The van der Waals surface area contributed by atoms with Crippen molar-refractivity contribution in [1.29, 1.82) is 0 Å². The standard InChI is InChI=1S/C17H21N3S/c1-13-7-9-15(10-8-13)6-4-12-19-17(21)20-16-14(2)5-3-11-18-16/h3,5,7-11H,4,6,12H2,1-2H3,(H2,18,19,20,21). The monoisotopic (exact) mass is 299 g/mol. The average molecular weight is 299 g/mol. The largest absolute Gasteiger partial charge is 0.362 e. The molecule has 0 saturated heterocycles. The number of anilines is 1. The van der Waals surface area contributed by atoms with Gasteiger partial charge in [-0.1, -0.05) is 35.9 Å². The van der Waals surface area contributed by atoms with Crippen molar-refractivity contribution in [2.45, 2.75) is 26.7 Å². The van der Waals surface area contributed by atoms with Gasteiger partial charge < -0.3 is 10.6 Å². The van der Waals surface area contributed by atoms with Crippen LogP contribution in [0.4, 0.5) is 5.82 Å². The number of nitrogens with one attached hydrogen (secondary N) is 2. The molecule has 0 aliphatic heterocycles. The lowest BCUT2D eigenvalue weighted by Crippen LogP contribution is -2.30. The van der Waals surface area contributed by atoms with Crippen molar-refractivity contribution >= 4 is 23.1 Å². The number of aryl methyl sites for hydroxylation is 3. The van der Waals surface area contributed by atoms with Crippen LogP contribution in [-0.2, 0) is 6.42 Å². The van der Waals surface area contributed by atoms with Crippen LogP contribution in [-0.4, -0.2) is 16.6 Å². The molecule has 1 aromatic heterocycles. The molecule has 2 rings (SSSR count). The molecular weight excluding hydrogens is 278 g/mol. The highest BCUT2D eigenvalue weighted by Gasteiger charge is 2.01. The van der Waals surface area contributed by atoms with Gasteiger partial charge in [0.25, 0.3) is 0 Å². The maximum atomic E-state index is 5.28. The average Bonchev–Trinajstić information content (AvgIpc) is 2.48. The second-order valence-corrected chi connectivity index (χ2v) is 5.55. The van der Waals surface area contributed by atoms with Crippen LogP contribution in [0.1, 0.15) is 23.1 Å². The van der Waals surface area contributed by atoms with E-state index in [0.29, 0.717) is 5.11 Å². The maximum Gasteiger partial charge on any atom is 0.171 e. The Labute approximate surface area is 131 Å². The number of rotatable bonds is 5. The summed E-state index contributed by atoms with van der Waals surface area (Å²) in [5.74, 6) is 0.813. The Morgan fingerprint density at radius 2 is 1.90 bits per heavy atom. The highest BCUT2D eigenvalue weighted by molar-refractivity contribution is 7.80. The van der Waals surface area contributed by atoms with E-state index in [0.717, 1.165) is 30.8 Å². The smallest absolute Gasteiger partial charge is 0.171 e. The molecule has 2 N–H and O–H groups in total. The fourth-order valence-electron chi connectivity index (χ4n) is 2.02. The van der Waals surface area contributed by atoms with Crippen LogP contribution in [0.5, 0.6) is 0 Å². The number of nitrogens with zero attached hydrogens (tertiary/aromatic N) is 1. The van der Waals surface area contributed by atoms with E-state index in [-0.39, 0.29) is 0 Å². The Morgan fingerprint density at radius 3 is 2.62 bits per heavy atom. The minimum atomic E-state index is 0.626. The third kappa shape index (κ3) is 5.16. The molecule has 0 unspecified atom stereocenters. The number of aromatic nitrogens is 1. The number of thiocarbonyl (C=S) groups is 1. The molecule has 0 aliphatic carbocycles. The van der Waals surface area contributed by atoms with Gasteiger partial charge in [-0.3, -0.25) is 0 Å². The molecule has 0 amide bonds. The predicted molar refractivity (Wildman–Crippen MR) is 92.7 cm³/mol. The van der Waals surface area contributed by atoms with Crippen LogP contribution in [0, 0.1) is 13.8 Å². The quantitative estimate of drug-likeness (QED) is 0.653. The van der Waals surface area contributed by atoms with E-state index in [1.54, 1.807) is 6.20 Å². The van der Waals surface area contributed by atoms with Gasteiger partial charge in [0.1, 0.15) is 5.82 Å². The van der Waals surface area contributed by atoms with Gasteiger partial charge in [-0.25, -0.2) is 4.98 Å². The first-order valence-electron chi connectivity index (χ1n) is 7.17. The lowest BCUT2D eigenvalue weighted by Gasteiger charge is -2.11. The van der Waals surface area contributed by atoms with Gasteiger partial charge in [-0.2, -0.15) is 0 Å². The van der Waals surface area contributed by atoms with Gasteiger partial charge in [-0.15, -0.1) is 0 Å². The van der Waals surface area contributed by atoms with E-state index >= 15 is 0 Å². The molecule has 0 fully saturated rings. The zero-order chi connectivity index (χ0) is 15.1. The van der Waals surface area contributed by atoms with Crippen LogP contribution < -0.4 is 10.6 Å². The summed E-state index contributed by atoms with van der Waals surface area (Å²) in [7, 11) is 0. The molecule has 1 aromatic carbocycles. The molecule has 3 nitrogen and oxygen atoms in total. The van der Waals surface area contributed by atoms with Gasteiger partial charge in [0.15, 0.2) is 5.11 Å². The topological polar surface area (TPSA) is 37.0 Å². The Morgan fingerprint density at radius 1 is 1.14 bits per heavy atom. The van der Waals surface area contributed by atoms with Gasteiger partial charge in [-0.05, 0) is 56.1 Å². The van der Waals surface area contributed by atoms with Gasteiger partial charge >= 0.3 is 0 Å². The van der Waals surface area contributed by atoms with Crippen molar-refractivity contribution in [3.05, 3.63) is 59.3 Å². The van der Waals surface area contributed by atoms with E-state index < -0.39 is 0 Å². The Bertz CT molecular complexity index is 593. The van der Waals surface area contributed by atoms with E-state index in [1.807, 2.05) is 19.1 Å². The van der Waals surface area contributed by atoms with Crippen molar-refractivity contribution in [3.63, 3.8) is 0 Å². The van der Waals surface area contributed by atoms with Crippen LogP contribution in [0.15, 0.2) is 42.6 Å². The van der Waals surface area contributed by atoms with Crippen LogP contribution in [0.25, 0.3) is 0 Å². The Kier molecular flexibility index (Phi) is 5.69. The molecule has 0 atom stereocenters. The lowest BCUT2D eigenvalue weighted by atomic mass is 10.1. The van der Waals surface area contributed by atoms with Crippen molar-refractivity contribution in [3.8, 4) is 0 Å². The van der Waals surface area contributed by atoms with Crippen molar-refractivity contribution in [2.75, 3.05) is 11.9 Å². The molecular formula is C17H21N3S. The molecule has 0 radical (unpaired) electrons. The summed E-state index contributed by atoms with van der Waals surface area (Å²) in [4.78, 5) is 4.26. The summed E-state index contributed by atoms with van der Waals surface area (Å²) in [5.41, 5.74) is 3.75. The van der Waals surface area contributed by atoms with Gasteiger partial charge in [0.2, 0.25) is 0 Å². The summed E-state index contributed by atoms with van der Waals surface area (Å²) >= 11 is 5.28. The lowest BCUT2D eigenvalue weighted by molar-refractivity contribution is 0.777. The first-order chi connectivity index (χ1) is 10.1. The molecule has 4 heteroatoms. The summed E-state index contributed by atoms with van der Waals surface area (Å²) in [6, 6.07) is 12.6. The number of hydrogen-bond acceptors (Lipinski definition) is 2. The third-order valence-corrected chi connectivity index (χ3v) is 3.54. The summed E-state index contributed by atoms with van der Waals surface area (Å²) in [5, 5.41) is 6.97. The first-order valence-corrected chi connectivity index (χ1v) is 7.58. The van der Waals surface area contributed by atoms with Crippen LogP contribution in [0.3, 0.4) is 0 Å². The van der Waals surface area contributed by atoms with E-state index in [2.05, 4.69) is 46.8 Å². The predicted octanol–water partition coefficient (Wildman–Crippen LogP) is 3.62. The minimum absolute atomic E-state index is 0.626. The zero-order valence-corrected chi connectivity index (χ0v) is 13.3. The van der Waals surface area contributed by atoms with E-state index in [9.17, 15) is 0 Å². The van der Waals surface area contributed by atoms with Gasteiger partial charge in [0.05, 0.1) is 0 Å². The Balaban J connectivity index is 1.70. The zero-order valence-electron chi connectivity index (χ0n) is 12.5. The molecule has 0 bridgehead atoms. The molecule has 0 spiro atoms. The fourth-order valence-corrected chi connectivity index (χ4v) is 2.22. The fraction of sp³-hybridized carbons (Fsp3) is 0.294. The van der Waals surface area contributed by atoms with Gasteiger partial charge in [0, 0.05) is 12.7 Å². The maximum absolute atomic E-state index is 5.28. The molecule has 0 saturated carbocycles. The molecule has 2 aromatic rings. The SMILES string of the molecule is Cc1ccc(CCCNC(=S)Nc2ncccc2C)cc1. The summed E-state index contributed by atoms with van der Waals surface area (Å²) in [6.07, 6.45) is 3.86. The number of pyridine rings is 1. The summed E-state index contributed by atoms with van der Waals surface area (Å²) < 4.78 is 0. The highest BCUT2D eigenvalue weighted by Crippen LogP contribution is 2.09. The van der Waals surface area contributed by atoms with Crippen LogP contribution >= 0.6 is 12.2 Å². The van der Waals surface area contributed by atoms with Crippen molar-refractivity contribution < 1.29 is 0 Å². The normalized spacial score (nSPS) is 10.2.